The lowest BCUT2D eigenvalue weighted by Crippen LogP contribution is -2.40. The van der Waals surface area contributed by atoms with Crippen LogP contribution in [0.25, 0.3) is 0 Å². The molecule has 0 aliphatic carbocycles. The Hall–Kier alpha value is -0.100. The van der Waals surface area contributed by atoms with E-state index in [1.165, 1.54) is 11.3 Å². The van der Waals surface area contributed by atoms with Gasteiger partial charge in [0.15, 0.2) is 9.84 Å². The quantitative estimate of drug-likeness (QED) is 0.930. The van der Waals surface area contributed by atoms with Crippen molar-refractivity contribution in [3.63, 3.8) is 0 Å². The van der Waals surface area contributed by atoms with Crippen molar-refractivity contribution in [1.29, 1.82) is 0 Å². The molecular weight excluding hydrogens is 290 g/mol. The zero-order valence-electron chi connectivity index (χ0n) is 10.4. The predicted molar refractivity (Wildman–Crippen MR) is 77.2 cm³/mol. The highest BCUT2D eigenvalue weighted by atomic mass is 35.5. The Balaban J connectivity index is 2.33. The van der Waals surface area contributed by atoms with Crippen molar-refractivity contribution >= 4 is 32.8 Å². The van der Waals surface area contributed by atoms with Crippen LogP contribution in [-0.2, 0) is 9.84 Å². The molecule has 1 fully saturated rings. The van der Waals surface area contributed by atoms with E-state index in [-0.39, 0.29) is 11.3 Å². The summed E-state index contributed by atoms with van der Waals surface area (Å²) in [6.45, 7) is 2.73. The van der Waals surface area contributed by atoms with Gasteiger partial charge in [0.1, 0.15) is 0 Å². The number of thiophene rings is 1. The predicted octanol–water partition coefficient (Wildman–Crippen LogP) is 3.02. The van der Waals surface area contributed by atoms with E-state index in [4.69, 9.17) is 11.6 Å². The highest BCUT2D eigenvalue weighted by Gasteiger charge is 2.37. The van der Waals surface area contributed by atoms with E-state index in [0.29, 0.717) is 10.8 Å². The van der Waals surface area contributed by atoms with E-state index in [9.17, 15) is 8.42 Å². The molecule has 0 radical (unpaired) electrons. The molecule has 0 amide bonds. The molecule has 1 aromatic rings. The van der Waals surface area contributed by atoms with E-state index in [2.05, 4.69) is 5.32 Å². The van der Waals surface area contributed by atoms with E-state index >= 15 is 0 Å². The van der Waals surface area contributed by atoms with Gasteiger partial charge in [-0.25, -0.2) is 8.42 Å². The first-order valence-electron chi connectivity index (χ1n) is 6.24. The van der Waals surface area contributed by atoms with Crippen molar-refractivity contribution < 1.29 is 8.42 Å². The maximum absolute atomic E-state index is 12.2. The molecule has 1 aromatic heterocycles. The minimum Gasteiger partial charge on any atom is -0.308 e. The molecule has 1 saturated heterocycles. The van der Waals surface area contributed by atoms with E-state index in [0.717, 1.165) is 30.7 Å². The van der Waals surface area contributed by atoms with Gasteiger partial charge in [0.05, 0.1) is 22.1 Å². The lowest BCUT2D eigenvalue weighted by molar-refractivity contribution is 0.458. The Morgan fingerprint density at radius 2 is 2.33 bits per heavy atom. The zero-order chi connectivity index (χ0) is 13.2. The van der Waals surface area contributed by atoms with Gasteiger partial charge in [-0.15, -0.1) is 11.3 Å². The molecule has 1 aliphatic rings. The number of nitrogens with one attached hydrogen (secondary N) is 1. The van der Waals surface area contributed by atoms with E-state index in [1.807, 2.05) is 18.4 Å². The summed E-state index contributed by atoms with van der Waals surface area (Å²) in [4.78, 5) is 0.953. The van der Waals surface area contributed by atoms with Crippen LogP contribution >= 0.6 is 22.9 Å². The highest BCUT2D eigenvalue weighted by Crippen LogP contribution is 2.36. The Kier molecular flexibility index (Phi) is 4.69. The molecule has 3 nitrogen and oxygen atoms in total. The van der Waals surface area contributed by atoms with Gasteiger partial charge in [-0.1, -0.05) is 24.9 Å². The van der Waals surface area contributed by atoms with Gasteiger partial charge in [-0.3, -0.25) is 0 Å². The second-order valence-electron chi connectivity index (χ2n) is 4.57. The third kappa shape index (κ3) is 2.90. The summed E-state index contributed by atoms with van der Waals surface area (Å²) in [6, 6.07) is 1.68. The average Bonchev–Trinajstić information content (AvgIpc) is 2.72. The van der Waals surface area contributed by atoms with E-state index < -0.39 is 9.84 Å². The molecule has 0 saturated carbocycles. The molecule has 102 valence electrons. The Labute approximate surface area is 117 Å². The summed E-state index contributed by atoms with van der Waals surface area (Å²) >= 11 is 7.69. The van der Waals surface area contributed by atoms with Gasteiger partial charge < -0.3 is 5.32 Å². The van der Waals surface area contributed by atoms with Crippen molar-refractivity contribution in [3.05, 3.63) is 21.3 Å². The Morgan fingerprint density at radius 3 is 2.89 bits per heavy atom. The van der Waals surface area contributed by atoms with Crippen molar-refractivity contribution in [2.75, 3.05) is 12.3 Å². The summed E-state index contributed by atoms with van der Waals surface area (Å²) in [6.07, 6.45) is 2.50. The van der Waals surface area contributed by atoms with Crippen molar-refractivity contribution in [1.82, 2.24) is 5.32 Å². The number of halogens is 1. The molecule has 0 spiro atoms. The lowest BCUT2D eigenvalue weighted by Gasteiger charge is -2.30. The molecule has 6 heteroatoms. The minimum atomic E-state index is -3.00. The van der Waals surface area contributed by atoms with Crippen LogP contribution in [0.3, 0.4) is 0 Å². The van der Waals surface area contributed by atoms with Gasteiger partial charge in [-0.2, -0.15) is 0 Å². The molecule has 0 bridgehead atoms. The molecule has 2 atom stereocenters. The van der Waals surface area contributed by atoms with Crippen LogP contribution in [0.5, 0.6) is 0 Å². The fourth-order valence-electron chi connectivity index (χ4n) is 2.49. The molecule has 1 aliphatic heterocycles. The van der Waals surface area contributed by atoms with Gasteiger partial charge in [-0.05, 0) is 30.8 Å². The monoisotopic (exact) mass is 307 g/mol. The molecule has 2 rings (SSSR count). The average molecular weight is 308 g/mol. The largest absolute Gasteiger partial charge is 0.308 e. The fourth-order valence-corrected chi connectivity index (χ4v) is 5.98. The maximum atomic E-state index is 12.2. The van der Waals surface area contributed by atoms with Crippen LogP contribution in [0.2, 0.25) is 5.02 Å². The number of hydrogen-bond donors (Lipinski definition) is 1. The standard InChI is InChI=1S/C12H18ClNO2S2/c1-2-14-11(12-9(13)6-7-17-12)10-5-3-4-8-18(10,15)16/h6-7,10-11,14H,2-5,8H2,1H3. The lowest BCUT2D eigenvalue weighted by atomic mass is 10.1. The van der Waals surface area contributed by atoms with Crippen molar-refractivity contribution in [2.45, 2.75) is 37.5 Å². The second kappa shape index (κ2) is 5.90. The minimum absolute atomic E-state index is 0.159. The van der Waals surface area contributed by atoms with E-state index in [1.54, 1.807) is 0 Å². The molecule has 2 unspecified atom stereocenters. The summed E-state index contributed by atoms with van der Waals surface area (Å²) in [5.41, 5.74) is 0. The summed E-state index contributed by atoms with van der Waals surface area (Å²) in [5, 5.41) is 5.55. The third-order valence-electron chi connectivity index (χ3n) is 3.35. The number of rotatable bonds is 4. The first-order chi connectivity index (χ1) is 8.56. The van der Waals surface area contributed by atoms with Crippen LogP contribution in [0.4, 0.5) is 0 Å². The summed E-state index contributed by atoms with van der Waals surface area (Å²) in [7, 11) is -3.00. The van der Waals surface area contributed by atoms with Crippen LogP contribution in [0.1, 0.15) is 37.1 Å². The Bertz CT molecular complexity index is 498. The highest BCUT2D eigenvalue weighted by molar-refractivity contribution is 7.92. The van der Waals surface area contributed by atoms with Crippen LogP contribution in [0.15, 0.2) is 11.4 Å². The summed E-state index contributed by atoms with van der Waals surface area (Å²) < 4.78 is 24.5. The normalized spacial score (nSPS) is 24.9. The smallest absolute Gasteiger partial charge is 0.155 e. The molecule has 1 N–H and O–H groups in total. The number of hydrogen-bond acceptors (Lipinski definition) is 4. The SMILES string of the molecule is CCNC(c1sccc1Cl)C1CCCCS1(=O)=O. The van der Waals surface area contributed by atoms with Crippen LogP contribution < -0.4 is 5.32 Å². The van der Waals surface area contributed by atoms with Gasteiger partial charge in [0.25, 0.3) is 0 Å². The second-order valence-corrected chi connectivity index (χ2v) is 8.26. The zero-order valence-corrected chi connectivity index (χ0v) is 12.7. The third-order valence-corrected chi connectivity index (χ3v) is 7.08. The fraction of sp³-hybridized carbons (Fsp3) is 0.667. The number of sulfone groups is 1. The summed E-state index contributed by atoms with van der Waals surface area (Å²) in [5.74, 6) is 0.308. The van der Waals surface area contributed by atoms with Gasteiger partial charge >= 0.3 is 0 Å². The van der Waals surface area contributed by atoms with Crippen LogP contribution in [0, 0.1) is 0 Å². The first kappa shape index (κ1) is 14.3. The topological polar surface area (TPSA) is 46.2 Å². The molecule has 18 heavy (non-hydrogen) atoms. The molecule has 2 heterocycles. The molecular formula is C12H18ClNO2S2. The molecule has 0 aromatic carbocycles. The van der Waals surface area contributed by atoms with Gasteiger partial charge in [0.2, 0.25) is 0 Å². The van der Waals surface area contributed by atoms with Crippen LogP contribution in [-0.4, -0.2) is 26.0 Å². The maximum Gasteiger partial charge on any atom is 0.155 e. The Morgan fingerprint density at radius 1 is 1.56 bits per heavy atom. The first-order valence-corrected chi connectivity index (χ1v) is 9.21. The van der Waals surface area contributed by atoms with Crippen molar-refractivity contribution in [3.8, 4) is 0 Å². The van der Waals surface area contributed by atoms with Gasteiger partial charge in [0, 0.05) is 4.88 Å². The van der Waals surface area contributed by atoms with Crippen molar-refractivity contribution in [2.24, 2.45) is 0 Å².